The van der Waals surface area contributed by atoms with Gasteiger partial charge in [0.2, 0.25) is 5.91 Å². The van der Waals surface area contributed by atoms with Gasteiger partial charge < -0.3 is 14.2 Å². The smallest absolute Gasteiger partial charge is 0.245 e. The molecule has 1 amide bonds. The maximum atomic E-state index is 12.6. The van der Waals surface area contributed by atoms with Gasteiger partial charge in [0.25, 0.3) is 0 Å². The number of benzene rings is 1. The fourth-order valence-electron chi connectivity index (χ4n) is 3.10. The second-order valence-electron chi connectivity index (χ2n) is 6.60. The van der Waals surface area contributed by atoms with Crippen LogP contribution in [0.3, 0.4) is 0 Å². The Hall–Kier alpha value is -2.30. The summed E-state index contributed by atoms with van der Waals surface area (Å²) in [5, 5.41) is 0. The van der Waals surface area contributed by atoms with Crippen molar-refractivity contribution in [1.82, 2.24) is 14.5 Å². The number of likely N-dealkylation sites (tertiary alicyclic amines) is 1. The maximum Gasteiger partial charge on any atom is 0.245 e. The number of amides is 1. The summed E-state index contributed by atoms with van der Waals surface area (Å²) in [5.74, 6) is 1.12. The normalized spacial score (nSPS) is 16.9. The zero-order chi connectivity index (χ0) is 17.1. The van der Waals surface area contributed by atoms with Crippen LogP contribution in [0.4, 0.5) is 0 Å². The van der Waals surface area contributed by atoms with Crippen LogP contribution in [0.5, 0.6) is 5.75 Å². The van der Waals surface area contributed by atoms with E-state index in [0.29, 0.717) is 0 Å². The molecule has 1 atom stereocenters. The Morgan fingerprint density at radius 1 is 1.29 bits per heavy atom. The molecule has 24 heavy (non-hydrogen) atoms. The van der Waals surface area contributed by atoms with Gasteiger partial charge in [-0.1, -0.05) is 12.1 Å². The Bertz CT molecular complexity index is 689. The van der Waals surface area contributed by atoms with Crippen LogP contribution < -0.4 is 4.74 Å². The Balaban J connectivity index is 1.56. The summed E-state index contributed by atoms with van der Waals surface area (Å²) in [6, 6.07) is 6.08. The summed E-state index contributed by atoms with van der Waals surface area (Å²) in [7, 11) is 0. The van der Waals surface area contributed by atoms with Gasteiger partial charge in [0, 0.05) is 38.3 Å². The lowest BCUT2D eigenvalue weighted by molar-refractivity contribution is -0.136. The molecule has 0 radical (unpaired) electrons. The van der Waals surface area contributed by atoms with E-state index in [1.165, 1.54) is 5.56 Å². The van der Waals surface area contributed by atoms with Gasteiger partial charge in [-0.05, 0) is 38.0 Å². The second kappa shape index (κ2) is 7.07. The van der Waals surface area contributed by atoms with E-state index in [4.69, 9.17) is 4.74 Å². The van der Waals surface area contributed by atoms with Crippen molar-refractivity contribution >= 4 is 5.91 Å². The molecule has 0 unspecified atom stereocenters. The third kappa shape index (κ3) is 3.61. The Morgan fingerprint density at radius 3 is 2.71 bits per heavy atom. The predicted molar refractivity (Wildman–Crippen MR) is 93.1 cm³/mol. The van der Waals surface area contributed by atoms with Crippen molar-refractivity contribution in [3.8, 4) is 5.75 Å². The lowest BCUT2D eigenvalue weighted by Gasteiger charge is -2.34. The number of hydrogen-bond acceptors (Lipinski definition) is 3. The number of aromatic nitrogens is 2. The van der Waals surface area contributed by atoms with Crippen molar-refractivity contribution in [3.63, 3.8) is 0 Å². The molecule has 2 heterocycles. The van der Waals surface area contributed by atoms with E-state index in [9.17, 15) is 4.79 Å². The number of carbonyl (C=O) groups excluding carboxylic acids is 1. The second-order valence-corrected chi connectivity index (χ2v) is 6.60. The van der Waals surface area contributed by atoms with Crippen molar-refractivity contribution in [2.24, 2.45) is 0 Å². The van der Waals surface area contributed by atoms with Gasteiger partial charge in [0.15, 0.2) is 0 Å². The summed E-state index contributed by atoms with van der Waals surface area (Å²) in [4.78, 5) is 18.6. The molecule has 2 aromatic rings. The topological polar surface area (TPSA) is 47.4 Å². The molecule has 0 aliphatic carbocycles. The minimum atomic E-state index is -0.205. The van der Waals surface area contributed by atoms with E-state index in [0.717, 1.165) is 37.2 Å². The summed E-state index contributed by atoms with van der Waals surface area (Å²) in [6.07, 6.45) is 7.15. The number of piperidine rings is 1. The Labute approximate surface area is 143 Å². The van der Waals surface area contributed by atoms with Crippen LogP contribution in [0.1, 0.15) is 36.9 Å². The van der Waals surface area contributed by atoms with E-state index < -0.39 is 0 Å². The van der Waals surface area contributed by atoms with E-state index in [2.05, 4.69) is 37.0 Å². The van der Waals surface area contributed by atoms with Crippen LogP contribution in [0.15, 0.2) is 36.9 Å². The van der Waals surface area contributed by atoms with Crippen LogP contribution in [-0.4, -0.2) is 39.6 Å². The molecule has 0 bridgehead atoms. The molecule has 3 rings (SSSR count). The van der Waals surface area contributed by atoms with Gasteiger partial charge in [-0.2, -0.15) is 0 Å². The number of nitrogens with zero attached hydrogens (tertiary/aromatic N) is 3. The average Bonchev–Trinajstić information content (AvgIpc) is 3.12. The van der Waals surface area contributed by atoms with Crippen molar-refractivity contribution in [3.05, 3.63) is 48.0 Å². The molecule has 0 N–H and O–H groups in total. The zero-order valence-electron chi connectivity index (χ0n) is 14.6. The number of hydrogen-bond donors (Lipinski definition) is 0. The number of ether oxygens (including phenoxy) is 1. The van der Waals surface area contributed by atoms with Gasteiger partial charge in [0.05, 0.1) is 6.33 Å². The molecule has 1 aromatic carbocycles. The number of rotatable bonds is 4. The highest BCUT2D eigenvalue weighted by atomic mass is 16.5. The van der Waals surface area contributed by atoms with Crippen LogP contribution in [-0.2, 0) is 4.79 Å². The number of imidazole rings is 1. The van der Waals surface area contributed by atoms with Gasteiger partial charge in [-0.25, -0.2) is 4.98 Å². The third-order valence-corrected chi connectivity index (χ3v) is 4.72. The lowest BCUT2D eigenvalue weighted by Crippen LogP contribution is -2.44. The van der Waals surface area contributed by atoms with Gasteiger partial charge in [-0.15, -0.1) is 0 Å². The van der Waals surface area contributed by atoms with Gasteiger partial charge in [-0.3, -0.25) is 4.79 Å². The average molecular weight is 327 g/mol. The largest absolute Gasteiger partial charge is 0.490 e. The maximum absolute atomic E-state index is 12.6. The van der Waals surface area contributed by atoms with Crippen LogP contribution in [0.25, 0.3) is 0 Å². The predicted octanol–water partition coefficient (Wildman–Crippen LogP) is 3.13. The minimum absolute atomic E-state index is 0.151. The summed E-state index contributed by atoms with van der Waals surface area (Å²) >= 11 is 0. The van der Waals surface area contributed by atoms with Crippen molar-refractivity contribution in [2.75, 3.05) is 13.1 Å². The monoisotopic (exact) mass is 327 g/mol. The third-order valence-electron chi connectivity index (χ3n) is 4.72. The van der Waals surface area contributed by atoms with E-state index in [1.807, 2.05) is 22.6 Å². The van der Waals surface area contributed by atoms with E-state index in [-0.39, 0.29) is 18.1 Å². The molecule has 1 saturated heterocycles. The SMILES string of the molecule is Cc1ccc(C)c(OC2CCN(C(=O)[C@H](C)n3ccnc3)CC2)c1. The summed E-state index contributed by atoms with van der Waals surface area (Å²) in [6.45, 7) is 7.55. The molecule has 5 nitrogen and oxygen atoms in total. The highest BCUT2D eigenvalue weighted by Gasteiger charge is 2.27. The summed E-state index contributed by atoms with van der Waals surface area (Å²) in [5.41, 5.74) is 2.37. The fourth-order valence-corrected chi connectivity index (χ4v) is 3.10. The highest BCUT2D eigenvalue weighted by Crippen LogP contribution is 2.24. The van der Waals surface area contributed by atoms with E-state index >= 15 is 0 Å². The molecule has 0 saturated carbocycles. The molecule has 0 spiro atoms. The Morgan fingerprint density at radius 2 is 2.04 bits per heavy atom. The number of aryl methyl sites for hydroxylation is 2. The summed E-state index contributed by atoms with van der Waals surface area (Å²) < 4.78 is 8.02. The molecule has 1 aliphatic heterocycles. The molecule has 1 aliphatic rings. The first-order valence-electron chi connectivity index (χ1n) is 8.54. The van der Waals surface area contributed by atoms with Crippen LogP contribution in [0.2, 0.25) is 0 Å². The van der Waals surface area contributed by atoms with Crippen LogP contribution >= 0.6 is 0 Å². The quantitative estimate of drug-likeness (QED) is 0.867. The Kier molecular flexibility index (Phi) is 4.88. The fraction of sp³-hybridized carbons (Fsp3) is 0.474. The van der Waals surface area contributed by atoms with Gasteiger partial charge >= 0.3 is 0 Å². The molecule has 1 fully saturated rings. The number of carbonyl (C=O) groups is 1. The van der Waals surface area contributed by atoms with Crippen molar-refractivity contribution in [2.45, 2.75) is 45.8 Å². The van der Waals surface area contributed by atoms with Gasteiger partial charge in [0.1, 0.15) is 17.9 Å². The first-order valence-corrected chi connectivity index (χ1v) is 8.54. The molecule has 5 heteroatoms. The van der Waals surface area contributed by atoms with Crippen molar-refractivity contribution < 1.29 is 9.53 Å². The molecule has 1 aromatic heterocycles. The standard InChI is InChI=1S/C19H25N3O2/c1-14-4-5-15(2)18(12-14)24-17-6-9-21(10-7-17)19(23)16(3)22-11-8-20-13-22/h4-5,8,11-13,16-17H,6-7,9-10H2,1-3H3/t16-/m0/s1. The first kappa shape index (κ1) is 16.6. The minimum Gasteiger partial charge on any atom is -0.490 e. The first-order chi connectivity index (χ1) is 11.5. The van der Waals surface area contributed by atoms with Crippen LogP contribution in [0, 0.1) is 13.8 Å². The van der Waals surface area contributed by atoms with E-state index in [1.54, 1.807) is 12.5 Å². The molecular formula is C19H25N3O2. The molecular weight excluding hydrogens is 302 g/mol. The molecule has 128 valence electrons. The lowest BCUT2D eigenvalue weighted by atomic mass is 10.1. The highest BCUT2D eigenvalue weighted by molar-refractivity contribution is 5.80. The zero-order valence-corrected chi connectivity index (χ0v) is 14.6. The van der Waals surface area contributed by atoms with Crippen molar-refractivity contribution in [1.29, 1.82) is 0 Å².